The lowest BCUT2D eigenvalue weighted by atomic mass is 9.93. The molecule has 0 radical (unpaired) electrons. The van der Waals surface area contributed by atoms with E-state index in [0.717, 1.165) is 0 Å². The molecule has 0 heterocycles. The van der Waals surface area contributed by atoms with Gasteiger partial charge in [0.05, 0.1) is 31.6 Å². The second-order valence-electron chi connectivity index (χ2n) is 5.77. The highest BCUT2D eigenvalue weighted by Gasteiger charge is 2.26. The maximum atomic E-state index is 11.5. The van der Waals surface area contributed by atoms with E-state index in [2.05, 4.69) is 6.07 Å². The fourth-order valence-electron chi connectivity index (χ4n) is 1.39. The minimum atomic E-state index is -0.399. The maximum absolute atomic E-state index is 11.5. The van der Waals surface area contributed by atoms with Gasteiger partial charge in [-0.3, -0.25) is 9.59 Å². The highest BCUT2D eigenvalue weighted by Crippen LogP contribution is 2.17. The highest BCUT2D eigenvalue weighted by atomic mass is 16.5. The molecule has 0 aliphatic carbocycles. The van der Waals surface area contributed by atoms with Crippen molar-refractivity contribution in [3.05, 3.63) is 0 Å². The van der Waals surface area contributed by atoms with Crippen molar-refractivity contribution in [2.75, 3.05) is 13.2 Å². The Morgan fingerprint density at radius 3 is 1.73 bits per heavy atom. The van der Waals surface area contributed by atoms with Gasteiger partial charge in [-0.15, -0.1) is 0 Å². The fourth-order valence-corrected chi connectivity index (χ4v) is 1.39. The number of esters is 2. The quantitative estimate of drug-likeness (QED) is 0.671. The summed E-state index contributed by atoms with van der Waals surface area (Å²) in [6.45, 7) is 14.0. The summed E-state index contributed by atoms with van der Waals surface area (Å²) >= 11 is 0. The van der Waals surface area contributed by atoms with Gasteiger partial charge in [0.25, 0.3) is 0 Å². The zero-order valence-corrected chi connectivity index (χ0v) is 15.0. The molecule has 0 bridgehead atoms. The summed E-state index contributed by atoms with van der Waals surface area (Å²) in [6, 6.07) is 2.16. The second kappa shape index (κ2) is 13.1. The lowest BCUT2D eigenvalue weighted by molar-refractivity contribution is -0.156. The molecule has 0 fully saturated rings. The molecule has 0 spiro atoms. The van der Waals surface area contributed by atoms with Gasteiger partial charge in [0.15, 0.2) is 0 Å². The number of hydrogen-bond donors (Lipinski definition) is 0. The fraction of sp³-hybridized carbons (Fsp3) is 0.824. The Bertz CT molecular complexity index is 358. The molecule has 5 heteroatoms. The predicted octanol–water partition coefficient (Wildman–Crippen LogP) is 3.58. The van der Waals surface area contributed by atoms with Crippen LogP contribution in [0, 0.1) is 35.0 Å². The topological polar surface area (TPSA) is 76.4 Å². The Morgan fingerprint density at radius 1 is 0.955 bits per heavy atom. The summed E-state index contributed by atoms with van der Waals surface area (Å²) in [6.07, 6.45) is 0.102. The van der Waals surface area contributed by atoms with Crippen LogP contribution in [0.3, 0.4) is 0 Å². The zero-order chi connectivity index (χ0) is 17.7. The van der Waals surface area contributed by atoms with Crippen molar-refractivity contribution in [1.82, 2.24) is 0 Å². The standard InChI is InChI=1S/C11H20O4.C6H11N/c1-5-14-10(12)7-9(8(3)4)11(13)15-6-2;1-5(2)6(3)4-7/h8-9H,5-7H2,1-4H3;5-6H,1-3H3. The van der Waals surface area contributed by atoms with Gasteiger partial charge in [-0.1, -0.05) is 27.7 Å². The number of hydrogen-bond acceptors (Lipinski definition) is 5. The molecule has 0 N–H and O–H groups in total. The van der Waals surface area contributed by atoms with Gasteiger partial charge in [0.2, 0.25) is 0 Å². The van der Waals surface area contributed by atoms with Crippen LogP contribution in [0.5, 0.6) is 0 Å². The van der Waals surface area contributed by atoms with E-state index in [9.17, 15) is 9.59 Å². The molecule has 0 aromatic rings. The average Bonchev–Trinajstić information content (AvgIpc) is 2.44. The maximum Gasteiger partial charge on any atom is 0.309 e. The Morgan fingerprint density at radius 2 is 1.45 bits per heavy atom. The summed E-state index contributed by atoms with van der Waals surface area (Å²) in [5.74, 6) is -0.271. The summed E-state index contributed by atoms with van der Waals surface area (Å²) in [4.78, 5) is 22.7. The van der Waals surface area contributed by atoms with Gasteiger partial charge in [-0.25, -0.2) is 0 Å². The van der Waals surface area contributed by atoms with E-state index in [1.54, 1.807) is 13.8 Å². The van der Waals surface area contributed by atoms with Crippen LogP contribution >= 0.6 is 0 Å². The molecule has 5 nitrogen and oxygen atoms in total. The number of carbonyl (C=O) groups is 2. The van der Waals surface area contributed by atoms with Gasteiger partial charge < -0.3 is 9.47 Å². The Kier molecular flexibility index (Phi) is 13.5. The summed E-state index contributed by atoms with van der Waals surface area (Å²) < 4.78 is 9.70. The van der Waals surface area contributed by atoms with Crippen LogP contribution in [-0.4, -0.2) is 25.2 Å². The van der Waals surface area contributed by atoms with Crippen LogP contribution < -0.4 is 0 Å². The zero-order valence-electron chi connectivity index (χ0n) is 15.0. The molecule has 0 aliphatic rings. The van der Waals surface area contributed by atoms with Gasteiger partial charge in [-0.05, 0) is 32.6 Å². The van der Waals surface area contributed by atoms with Crippen molar-refractivity contribution >= 4 is 11.9 Å². The van der Waals surface area contributed by atoms with E-state index in [4.69, 9.17) is 14.7 Å². The average molecular weight is 313 g/mol. The number of carbonyl (C=O) groups excluding carboxylic acids is 2. The summed E-state index contributed by atoms with van der Waals surface area (Å²) in [5, 5.41) is 8.26. The SMILES string of the molecule is CC(C)C(C)C#N.CCOC(=O)CC(C(=O)OCC)C(C)C. The van der Waals surface area contributed by atoms with Gasteiger partial charge in [0.1, 0.15) is 0 Å². The van der Waals surface area contributed by atoms with Crippen molar-refractivity contribution in [1.29, 1.82) is 5.26 Å². The molecule has 22 heavy (non-hydrogen) atoms. The van der Waals surface area contributed by atoms with Crippen molar-refractivity contribution < 1.29 is 19.1 Å². The number of nitrogens with zero attached hydrogens (tertiary/aromatic N) is 1. The van der Waals surface area contributed by atoms with E-state index in [1.807, 2.05) is 34.6 Å². The van der Waals surface area contributed by atoms with Crippen molar-refractivity contribution in [3.63, 3.8) is 0 Å². The lowest BCUT2D eigenvalue weighted by Gasteiger charge is -2.17. The third-order valence-electron chi connectivity index (χ3n) is 3.29. The minimum Gasteiger partial charge on any atom is -0.466 e. The summed E-state index contributed by atoms with van der Waals surface area (Å²) in [7, 11) is 0. The monoisotopic (exact) mass is 313 g/mol. The molecule has 2 atom stereocenters. The Balaban J connectivity index is 0. The van der Waals surface area contributed by atoms with Gasteiger partial charge >= 0.3 is 11.9 Å². The summed E-state index contributed by atoms with van der Waals surface area (Å²) in [5.41, 5.74) is 0. The molecule has 0 amide bonds. The van der Waals surface area contributed by atoms with Crippen LogP contribution in [0.1, 0.15) is 54.9 Å². The lowest BCUT2D eigenvalue weighted by Crippen LogP contribution is -2.26. The number of ether oxygens (including phenoxy) is 2. The van der Waals surface area contributed by atoms with Gasteiger partial charge in [-0.2, -0.15) is 5.26 Å². The van der Waals surface area contributed by atoms with Crippen molar-refractivity contribution in [2.45, 2.75) is 54.9 Å². The Hall–Kier alpha value is -1.57. The molecular weight excluding hydrogens is 282 g/mol. The minimum absolute atomic E-state index is 0.0773. The number of nitriles is 1. The molecule has 128 valence electrons. The Labute approximate surface area is 135 Å². The molecule has 0 aromatic carbocycles. The molecule has 0 saturated heterocycles. The van der Waals surface area contributed by atoms with Crippen LogP contribution in [0.15, 0.2) is 0 Å². The molecule has 2 unspecified atom stereocenters. The molecule has 0 rings (SSSR count). The molecular formula is C17H31NO4. The van der Waals surface area contributed by atoms with E-state index in [0.29, 0.717) is 19.1 Å². The first-order valence-corrected chi connectivity index (χ1v) is 7.92. The predicted molar refractivity (Wildman–Crippen MR) is 85.8 cm³/mol. The highest BCUT2D eigenvalue weighted by molar-refractivity contribution is 5.80. The second-order valence-corrected chi connectivity index (χ2v) is 5.77. The van der Waals surface area contributed by atoms with Gasteiger partial charge in [0, 0.05) is 5.92 Å². The first-order valence-electron chi connectivity index (χ1n) is 7.92. The first-order chi connectivity index (χ1) is 10.2. The van der Waals surface area contributed by atoms with Crippen molar-refractivity contribution in [2.24, 2.45) is 23.7 Å². The van der Waals surface area contributed by atoms with E-state index in [-0.39, 0.29) is 30.2 Å². The van der Waals surface area contributed by atoms with E-state index >= 15 is 0 Å². The van der Waals surface area contributed by atoms with Crippen LogP contribution in [-0.2, 0) is 19.1 Å². The van der Waals surface area contributed by atoms with Crippen LogP contribution in [0.2, 0.25) is 0 Å². The largest absolute Gasteiger partial charge is 0.466 e. The number of rotatable bonds is 7. The third-order valence-corrected chi connectivity index (χ3v) is 3.29. The first kappa shape index (κ1) is 22.7. The van der Waals surface area contributed by atoms with Crippen LogP contribution in [0.25, 0.3) is 0 Å². The smallest absolute Gasteiger partial charge is 0.309 e. The molecule has 0 aromatic heterocycles. The van der Waals surface area contributed by atoms with E-state index in [1.165, 1.54) is 0 Å². The van der Waals surface area contributed by atoms with E-state index < -0.39 is 5.92 Å². The third kappa shape index (κ3) is 11.1. The molecule has 0 aliphatic heterocycles. The molecule has 0 saturated carbocycles. The normalized spacial score (nSPS) is 12.7. The van der Waals surface area contributed by atoms with Crippen molar-refractivity contribution in [3.8, 4) is 6.07 Å². The van der Waals surface area contributed by atoms with Crippen LogP contribution in [0.4, 0.5) is 0 Å².